The van der Waals surface area contributed by atoms with Crippen LogP contribution in [0.25, 0.3) is 0 Å². The molecule has 1 aromatic carbocycles. The van der Waals surface area contributed by atoms with Gasteiger partial charge in [0.15, 0.2) is 6.61 Å². The molecule has 1 atom stereocenters. The monoisotopic (exact) mass is 347 g/mol. The number of sulfonamides is 1. The molecule has 2 aliphatic rings. The molecule has 0 saturated heterocycles. The molecule has 4 rings (SSSR count). The van der Waals surface area contributed by atoms with Crippen molar-refractivity contribution in [2.24, 2.45) is 0 Å². The topological polar surface area (TPSA) is 80.6 Å². The van der Waals surface area contributed by atoms with Crippen molar-refractivity contribution in [1.29, 1.82) is 0 Å². The van der Waals surface area contributed by atoms with E-state index < -0.39 is 10.0 Å². The van der Waals surface area contributed by atoms with E-state index in [-0.39, 0.29) is 23.5 Å². The van der Waals surface area contributed by atoms with Crippen LogP contribution in [0.15, 0.2) is 41.4 Å². The fourth-order valence-corrected chi connectivity index (χ4v) is 4.87. The number of benzene rings is 1. The number of fused-ring (bicyclic) bond motifs is 2. The normalized spacial score (nSPS) is 20.7. The smallest absolute Gasteiger partial charge is 0.262 e. The van der Waals surface area contributed by atoms with Gasteiger partial charge in [0.1, 0.15) is 5.75 Å². The first-order valence-corrected chi connectivity index (χ1v) is 9.14. The highest BCUT2D eigenvalue weighted by Gasteiger charge is 2.34. The molecule has 1 unspecified atom stereocenters. The Labute approximate surface area is 139 Å². The molecule has 0 aliphatic carbocycles. The molecule has 1 amide bonds. The van der Waals surface area contributed by atoms with Gasteiger partial charge in [-0.2, -0.15) is 4.31 Å². The van der Waals surface area contributed by atoms with Gasteiger partial charge in [0, 0.05) is 25.0 Å². The molecular formula is C16H17N3O4S. The van der Waals surface area contributed by atoms with Crippen molar-refractivity contribution in [2.45, 2.75) is 24.4 Å². The highest BCUT2D eigenvalue weighted by atomic mass is 32.2. The van der Waals surface area contributed by atoms with Gasteiger partial charge in [-0.1, -0.05) is 0 Å². The van der Waals surface area contributed by atoms with E-state index in [2.05, 4.69) is 9.88 Å². The lowest BCUT2D eigenvalue weighted by molar-refractivity contribution is -0.118. The Bertz CT molecular complexity index is 919. The Morgan fingerprint density at radius 3 is 2.92 bits per heavy atom. The lowest BCUT2D eigenvalue weighted by Crippen LogP contribution is -2.40. The van der Waals surface area contributed by atoms with Crippen LogP contribution >= 0.6 is 0 Å². The second-order valence-electron chi connectivity index (χ2n) is 5.91. The summed E-state index contributed by atoms with van der Waals surface area (Å²) in [7, 11) is -3.67. The van der Waals surface area contributed by atoms with Gasteiger partial charge in [-0.25, -0.2) is 8.42 Å². The van der Waals surface area contributed by atoms with Gasteiger partial charge in [0.2, 0.25) is 10.0 Å². The summed E-state index contributed by atoms with van der Waals surface area (Å²) in [6, 6.07) is 8.18. The number of nitrogens with zero attached hydrogens (tertiary/aromatic N) is 2. The van der Waals surface area contributed by atoms with Crippen LogP contribution in [0.3, 0.4) is 0 Å². The number of ether oxygens (including phenoxy) is 1. The van der Waals surface area contributed by atoms with Crippen molar-refractivity contribution in [3.05, 3.63) is 42.2 Å². The third-order valence-corrected chi connectivity index (χ3v) is 6.44. The highest BCUT2D eigenvalue weighted by molar-refractivity contribution is 7.89. The van der Waals surface area contributed by atoms with Crippen molar-refractivity contribution in [3.63, 3.8) is 0 Å². The number of nitrogens with one attached hydrogen (secondary N) is 1. The van der Waals surface area contributed by atoms with E-state index in [9.17, 15) is 13.2 Å². The zero-order chi connectivity index (χ0) is 16.9. The first kappa shape index (κ1) is 15.2. The lowest BCUT2D eigenvalue weighted by Gasteiger charge is -2.34. The Morgan fingerprint density at radius 2 is 2.08 bits per heavy atom. The van der Waals surface area contributed by atoms with E-state index in [0.29, 0.717) is 24.5 Å². The van der Waals surface area contributed by atoms with E-state index in [1.807, 2.05) is 25.3 Å². The summed E-state index contributed by atoms with van der Waals surface area (Å²) in [5, 5.41) is 2.65. The SMILES string of the molecule is CC1c2cccn2CCN1S(=O)(=O)c1ccc2c(c1)NC(=O)CO2. The number of hydrogen-bond acceptors (Lipinski definition) is 4. The number of anilines is 1. The third-order valence-electron chi connectivity index (χ3n) is 4.48. The third kappa shape index (κ3) is 2.30. The fourth-order valence-electron chi connectivity index (χ4n) is 3.24. The maximum atomic E-state index is 13.1. The summed E-state index contributed by atoms with van der Waals surface area (Å²) in [6.45, 7) is 2.85. The number of aromatic nitrogens is 1. The van der Waals surface area contributed by atoms with Gasteiger partial charge in [-0.05, 0) is 37.3 Å². The molecule has 0 fully saturated rings. The Kier molecular flexibility index (Phi) is 3.40. The summed E-state index contributed by atoms with van der Waals surface area (Å²) < 4.78 is 35.0. The number of carbonyl (C=O) groups is 1. The average Bonchev–Trinajstić information content (AvgIpc) is 3.03. The summed E-state index contributed by atoms with van der Waals surface area (Å²) in [5.74, 6) is 0.190. The summed E-state index contributed by atoms with van der Waals surface area (Å²) in [4.78, 5) is 11.6. The molecular weight excluding hydrogens is 330 g/mol. The van der Waals surface area contributed by atoms with Gasteiger partial charge in [0.05, 0.1) is 16.6 Å². The van der Waals surface area contributed by atoms with E-state index in [0.717, 1.165) is 5.69 Å². The molecule has 0 saturated carbocycles. The zero-order valence-corrected chi connectivity index (χ0v) is 13.9. The maximum Gasteiger partial charge on any atom is 0.262 e. The molecule has 0 spiro atoms. The molecule has 126 valence electrons. The number of carbonyl (C=O) groups excluding carboxylic acids is 1. The van der Waals surface area contributed by atoms with E-state index >= 15 is 0 Å². The van der Waals surface area contributed by atoms with Crippen LogP contribution in [-0.4, -0.2) is 36.3 Å². The fraction of sp³-hybridized carbons (Fsp3) is 0.312. The van der Waals surface area contributed by atoms with Gasteiger partial charge in [-0.15, -0.1) is 0 Å². The Hall–Kier alpha value is -2.32. The predicted molar refractivity (Wildman–Crippen MR) is 87.3 cm³/mol. The minimum absolute atomic E-state index is 0.0563. The molecule has 7 nitrogen and oxygen atoms in total. The first-order valence-electron chi connectivity index (χ1n) is 7.70. The summed E-state index contributed by atoms with van der Waals surface area (Å²) in [6.07, 6.45) is 1.96. The molecule has 2 aromatic rings. The quantitative estimate of drug-likeness (QED) is 0.894. The maximum absolute atomic E-state index is 13.1. The molecule has 24 heavy (non-hydrogen) atoms. The van der Waals surface area contributed by atoms with E-state index in [4.69, 9.17) is 4.74 Å². The second kappa shape index (κ2) is 5.35. The van der Waals surface area contributed by atoms with Crippen LogP contribution in [0.1, 0.15) is 18.7 Å². The van der Waals surface area contributed by atoms with Crippen LogP contribution in [0.5, 0.6) is 5.75 Å². The Balaban J connectivity index is 1.71. The van der Waals surface area contributed by atoms with Crippen LogP contribution in [-0.2, 0) is 21.4 Å². The van der Waals surface area contributed by atoms with Gasteiger partial charge in [0.25, 0.3) is 5.91 Å². The molecule has 2 aliphatic heterocycles. The van der Waals surface area contributed by atoms with Gasteiger partial charge < -0.3 is 14.6 Å². The van der Waals surface area contributed by atoms with Crippen LogP contribution in [0, 0.1) is 0 Å². The molecule has 8 heteroatoms. The number of hydrogen-bond donors (Lipinski definition) is 1. The minimum Gasteiger partial charge on any atom is -0.482 e. The summed E-state index contributed by atoms with van der Waals surface area (Å²) >= 11 is 0. The minimum atomic E-state index is -3.67. The van der Waals surface area contributed by atoms with Crippen molar-refractivity contribution < 1.29 is 17.9 Å². The lowest BCUT2D eigenvalue weighted by atomic mass is 10.2. The van der Waals surface area contributed by atoms with Crippen molar-refractivity contribution in [1.82, 2.24) is 8.87 Å². The zero-order valence-electron chi connectivity index (χ0n) is 13.1. The standard InChI is InChI=1S/C16H17N3O4S/c1-11-14-3-2-6-18(14)7-8-19(11)24(21,22)12-4-5-15-13(9-12)17-16(20)10-23-15/h2-6,9,11H,7-8,10H2,1H3,(H,17,20). The second-order valence-corrected chi connectivity index (χ2v) is 7.80. The van der Waals surface area contributed by atoms with E-state index in [1.54, 1.807) is 6.07 Å². The first-order chi connectivity index (χ1) is 11.5. The van der Waals surface area contributed by atoms with Gasteiger partial charge >= 0.3 is 0 Å². The van der Waals surface area contributed by atoms with Crippen molar-refractivity contribution >= 4 is 21.6 Å². The predicted octanol–water partition coefficient (Wildman–Crippen LogP) is 1.58. The van der Waals surface area contributed by atoms with Crippen LogP contribution < -0.4 is 10.1 Å². The Morgan fingerprint density at radius 1 is 1.25 bits per heavy atom. The average molecular weight is 347 g/mol. The van der Waals surface area contributed by atoms with Crippen molar-refractivity contribution in [2.75, 3.05) is 18.5 Å². The molecule has 3 heterocycles. The van der Waals surface area contributed by atoms with Crippen LogP contribution in [0.4, 0.5) is 5.69 Å². The highest BCUT2D eigenvalue weighted by Crippen LogP contribution is 2.35. The molecule has 0 radical (unpaired) electrons. The number of amides is 1. The summed E-state index contributed by atoms with van der Waals surface area (Å²) in [5.41, 5.74) is 1.36. The molecule has 1 aromatic heterocycles. The molecule has 1 N–H and O–H groups in total. The largest absolute Gasteiger partial charge is 0.482 e. The number of rotatable bonds is 2. The van der Waals surface area contributed by atoms with Gasteiger partial charge in [-0.3, -0.25) is 4.79 Å². The molecule has 0 bridgehead atoms. The van der Waals surface area contributed by atoms with Crippen LogP contribution in [0.2, 0.25) is 0 Å². The van der Waals surface area contributed by atoms with Crippen molar-refractivity contribution in [3.8, 4) is 5.75 Å². The van der Waals surface area contributed by atoms with E-state index in [1.165, 1.54) is 16.4 Å².